The Balaban J connectivity index is 1.85. The van der Waals surface area contributed by atoms with Crippen LogP contribution in [0.3, 0.4) is 0 Å². The highest BCUT2D eigenvalue weighted by atomic mass is 32.2. The van der Waals surface area contributed by atoms with Crippen molar-refractivity contribution in [3.05, 3.63) is 78.5 Å². The van der Waals surface area contributed by atoms with Crippen molar-refractivity contribution >= 4 is 27.4 Å². The first-order valence-corrected chi connectivity index (χ1v) is 10.7. The summed E-state index contributed by atoms with van der Waals surface area (Å²) in [6.45, 7) is 0. The fourth-order valence-electron chi connectivity index (χ4n) is 2.54. The summed E-state index contributed by atoms with van der Waals surface area (Å²) in [7, 11) is -0.979. The molecule has 2 aromatic heterocycles. The average molecular weight is 460 g/mol. The first kappa shape index (κ1) is 23.1. The van der Waals surface area contributed by atoms with Crippen molar-refractivity contribution < 1.29 is 22.4 Å². The Morgan fingerprint density at radius 1 is 1.06 bits per heavy atom. The van der Waals surface area contributed by atoms with Crippen molar-refractivity contribution in [1.29, 1.82) is 0 Å². The molecule has 3 N–H and O–H groups in total. The zero-order chi connectivity index (χ0) is 23.1. The third-order valence-electron chi connectivity index (χ3n) is 4.12. The molecular formula is C20H21FN6O4S. The third kappa shape index (κ3) is 5.75. The summed E-state index contributed by atoms with van der Waals surface area (Å²) < 4.78 is 39.9. The van der Waals surface area contributed by atoms with E-state index in [-0.39, 0.29) is 22.0 Å². The van der Waals surface area contributed by atoms with Gasteiger partial charge in [-0.1, -0.05) is 18.2 Å². The number of rotatable bonds is 9. The molecule has 0 radical (unpaired) electrons. The summed E-state index contributed by atoms with van der Waals surface area (Å²) in [5.74, 6) is -1.23. The normalized spacial score (nSPS) is 12.2. The van der Waals surface area contributed by atoms with Gasteiger partial charge in [-0.05, 0) is 36.4 Å². The zero-order valence-electron chi connectivity index (χ0n) is 17.2. The van der Waals surface area contributed by atoms with E-state index in [1.54, 1.807) is 18.2 Å². The second-order valence-corrected chi connectivity index (χ2v) is 8.71. The van der Waals surface area contributed by atoms with Crippen molar-refractivity contribution in [2.45, 2.75) is 11.2 Å². The Morgan fingerprint density at radius 3 is 2.53 bits per heavy atom. The van der Waals surface area contributed by atoms with Crippen molar-refractivity contribution in [3.8, 4) is 0 Å². The second kappa shape index (κ2) is 10.1. The zero-order valence-corrected chi connectivity index (χ0v) is 18.0. The Bertz CT molecular complexity index is 1180. The number of benzene rings is 1. The highest BCUT2D eigenvalue weighted by molar-refractivity contribution is 7.89. The van der Waals surface area contributed by atoms with Crippen LogP contribution in [0.5, 0.6) is 0 Å². The molecular weight excluding hydrogens is 439 g/mol. The molecule has 0 spiro atoms. The van der Waals surface area contributed by atoms with Crippen LogP contribution in [0.25, 0.3) is 0 Å². The highest BCUT2D eigenvalue weighted by Crippen LogP contribution is 2.24. The van der Waals surface area contributed by atoms with Gasteiger partial charge in [0.25, 0.3) is 5.91 Å². The first-order chi connectivity index (χ1) is 15.3. The SMILES string of the molecule is CN(C)S(=O)(=O)c1ccccc1NC(Nc1cccc(F)n1)ONC(=O)c1cccnc1. The van der Waals surface area contributed by atoms with Crippen molar-refractivity contribution in [3.63, 3.8) is 0 Å². The van der Waals surface area contributed by atoms with Crippen LogP contribution in [-0.4, -0.2) is 49.0 Å². The molecule has 2 heterocycles. The van der Waals surface area contributed by atoms with Crippen molar-refractivity contribution in [2.24, 2.45) is 0 Å². The van der Waals surface area contributed by atoms with E-state index in [0.717, 1.165) is 10.4 Å². The van der Waals surface area contributed by atoms with E-state index >= 15 is 0 Å². The molecule has 3 rings (SSSR count). The number of aromatic nitrogens is 2. The number of pyridine rings is 2. The van der Waals surface area contributed by atoms with Gasteiger partial charge in [0.15, 0.2) is 0 Å². The predicted octanol–water partition coefficient (Wildman–Crippen LogP) is 2.04. The van der Waals surface area contributed by atoms with Crippen LogP contribution in [0.2, 0.25) is 0 Å². The number of hydrogen-bond acceptors (Lipinski definition) is 8. The van der Waals surface area contributed by atoms with E-state index in [4.69, 9.17) is 4.84 Å². The molecule has 0 saturated heterocycles. The lowest BCUT2D eigenvalue weighted by atomic mass is 10.3. The van der Waals surface area contributed by atoms with Crippen molar-refractivity contribution in [2.75, 3.05) is 24.7 Å². The summed E-state index contributed by atoms with van der Waals surface area (Å²) in [6, 6.07) is 13.3. The lowest BCUT2D eigenvalue weighted by Crippen LogP contribution is -2.40. The predicted molar refractivity (Wildman–Crippen MR) is 115 cm³/mol. The van der Waals surface area contributed by atoms with Gasteiger partial charge in [0.1, 0.15) is 10.7 Å². The van der Waals surface area contributed by atoms with Crippen LogP contribution in [-0.2, 0) is 14.9 Å². The molecule has 0 saturated carbocycles. The summed E-state index contributed by atoms with van der Waals surface area (Å²) >= 11 is 0. The summed E-state index contributed by atoms with van der Waals surface area (Å²) in [4.78, 5) is 25.3. The fraction of sp³-hybridized carbons (Fsp3) is 0.150. The molecule has 12 heteroatoms. The standard InChI is InChI=1S/C20H21FN6O4S/c1-27(2)32(29,30)16-9-4-3-8-15(16)23-20(25-18-11-5-10-17(21)24-18)31-26-19(28)14-7-6-12-22-13-14/h3-13,20,23H,1-2H3,(H,24,25)(H,26,28). The van der Waals surface area contributed by atoms with Gasteiger partial charge in [0.2, 0.25) is 22.3 Å². The number of sulfonamides is 1. The van der Waals surface area contributed by atoms with Crippen LogP contribution >= 0.6 is 0 Å². The summed E-state index contributed by atoms with van der Waals surface area (Å²) in [5, 5.41) is 5.61. The molecule has 1 unspecified atom stereocenters. The Morgan fingerprint density at radius 2 is 1.84 bits per heavy atom. The molecule has 0 aliphatic rings. The maximum atomic E-state index is 13.5. The Hall–Kier alpha value is -3.61. The number of nitrogens with one attached hydrogen (secondary N) is 3. The number of carbonyl (C=O) groups is 1. The van der Waals surface area contributed by atoms with Crippen LogP contribution in [0.15, 0.2) is 71.9 Å². The topological polar surface area (TPSA) is 126 Å². The minimum absolute atomic E-state index is 0.0220. The Labute approximate surface area is 184 Å². The molecule has 1 aromatic carbocycles. The van der Waals surface area contributed by atoms with Gasteiger partial charge in [-0.25, -0.2) is 28.0 Å². The molecule has 0 fully saturated rings. The second-order valence-electron chi connectivity index (χ2n) is 6.59. The van der Waals surface area contributed by atoms with E-state index in [2.05, 4.69) is 26.1 Å². The number of carbonyl (C=O) groups excluding carboxylic acids is 1. The largest absolute Gasteiger partial charge is 0.340 e. The van der Waals surface area contributed by atoms with Gasteiger partial charge in [0.05, 0.1) is 11.3 Å². The summed E-state index contributed by atoms with van der Waals surface area (Å²) in [5.41, 5.74) is 2.68. The molecule has 0 aliphatic carbocycles. The van der Waals surface area contributed by atoms with Crippen LogP contribution in [0, 0.1) is 5.95 Å². The Kier molecular flexibility index (Phi) is 7.30. The highest BCUT2D eigenvalue weighted by Gasteiger charge is 2.23. The smallest absolute Gasteiger partial charge is 0.276 e. The number of halogens is 1. The summed E-state index contributed by atoms with van der Waals surface area (Å²) in [6.07, 6.45) is 1.64. The van der Waals surface area contributed by atoms with E-state index in [1.807, 2.05) is 0 Å². The van der Waals surface area contributed by atoms with Crippen LogP contribution in [0.4, 0.5) is 15.9 Å². The molecule has 1 amide bonds. The maximum absolute atomic E-state index is 13.5. The number of hydroxylamine groups is 1. The van der Waals surface area contributed by atoms with Gasteiger partial charge in [-0.3, -0.25) is 9.78 Å². The van der Waals surface area contributed by atoms with E-state index < -0.39 is 28.2 Å². The molecule has 1 atom stereocenters. The monoisotopic (exact) mass is 460 g/mol. The van der Waals surface area contributed by atoms with Gasteiger partial charge < -0.3 is 10.6 Å². The van der Waals surface area contributed by atoms with Crippen LogP contribution in [0.1, 0.15) is 10.4 Å². The van der Waals surface area contributed by atoms with Gasteiger partial charge in [-0.2, -0.15) is 4.39 Å². The van der Waals surface area contributed by atoms with Gasteiger partial charge >= 0.3 is 0 Å². The molecule has 168 valence electrons. The van der Waals surface area contributed by atoms with Gasteiger partial charge in [0, 0.05) is 26.5 Å². The third-order valence-corrected chi connectivity index (χ3v) is 5.99. The molecule has 0 aliphatic heterocycles. The number of hydrogen-bond donors (Lipinski definition) is 3. The lowest BCUT2D eigenvalue weighted by Gasteiger charge is -2.23. The minimum atomic E-state index is -3.79. The molecule has 3 aromatic rings. The van der Waals surface area contributed by atoms with Crippen LogP contribution < -0.4 is 16.1 Å². The molecule has 10 nitrogen and oxygen atoms in total. The van der Waals surface area contributed by atoms with Gasteiger partial charge in [-0.15, -0.1) is 0 Å². The van der Waals surface area contributed by atoms with E-state index in [0.29, 0.717) is 0 Å². The molecule has 32 heavy (non-hydrogen) atoms. The average Bonchev–Trinajstić information content (AvgIpc) is 2.78. The number of para-hydroxylation sites is 1. The quantitative estimate of drug-likeness (QED) is 0.252. The fourth-order valence-corrected chi connectivity index (χ4v) is 3.58. The number of nitrogens with zero attached hydrogens (tertiary/aromatic N) is 3. The van der Waals surface area contributed by atoms with Crippen molar-refractivity contribution in [1.82, 2.24) is 19.8 Å². The molecule has 0 bridgehead atoms. The van der Waals surface area contributed by atoms with E-state index in [9.17, 15) is 17.6 Å². The maximum Gasteiger partial charge on any atom is 0.276 e. The minimum Gasteiger partial charge on any atom is -0.340 e. The number of anilines is 2. The first-order valence-electron chi connectivity index (χ1n) is 9.30. The van der Waals surface area contributed by atoms with E-state index in [1.165, 1.54) is 56.8 Å². The number of amides is 1. The lowest BCUT2D eigenvalue weighted by molar-refractivity contribution is 0.00718.